The molecule has 0 radical (unpaired) electrons. The number of thioether (sulfide) groups is 1. The Labute approximate surface area is 175 Å². The number of thiocarbonyl (C=S) groups is 1. The molecule has 4 atom stereocenters. The molecule has 1 heterocycles. The van der Waals surface area contributed by atoms with Gasteiger partial charge in [0.1, 0.15) is 6.10 Å². The Balaban J connectivity index is 1.86. The highest BCUT2D eigenvalue weighted by molar-refractivity contribution is 8.22. The molecule has 1 saturated carbocycles. The molecule has 2 fully saturated rings. The quantitative estimate of drug-likeness (QED) is 0.524. The molecule has 1 aliphatic heterocycles. The normalized spacial score (nSPS) is 31.1. The molecule has 0 unspecified atom stereocenters. The summed E-state index contributed by atoms with van der Waals surface area (Å²) in [5, 5.41) is 0. The number of rotatable bonds is 5. The average Bonchev–Trinajstić information content (AvgIpc) is 2.99. The van der Waals surface area contributed by atoms with Crippen LogP contribution in [0, 0.1) is 0 Å². The van der Waals surface area contributed by atoms with Gasteiger partial charge in [0.05, 0.1) is 25.9 Å². The summed E-state index contributed by atoms with van der Waals surface area (Å²) in [6.07, 6.45) is 1.29. The molecule has 1 saturated heterocycles. The van der Waals surface area contributed by atoms with Crippen molar-refractivity contribution in [3.05, 3.63) is 35.9 Å². The summed E-state index contributed by atoms with van der Waals surface area (Å²) in [6.45, 7) is 4.10. The van der Waals surface area contributed by atoms with Crippen LogP contribution >= 0.6 is 24.0 Å². The molecule has 3 rings (SSSR count). The molecule has 0 spiro atoms. The van der Waals surface area contributed by atoms with Gasteiger partial charge in [0.2, 0.25) is 9.98 Å². The number of carbonyl (C=O) groups is 1. The molecule has 0 N–H and O–H groups in total. The molecule has 0 amide bonds. The maximum absolute atomic E-state index is 12.7. The summed E-state index contributed by atoms with van der Waals surface area (Å²) in [4.78, 5) is 12.7. The standard InChI is InChI=1S/C20H26O6S2/c1-19(2)24-15-11-20(17(21)22-3,26-18(27)28-4)10-14(16(15)25-19)23-12-13-8-6-5-7-9-13/h5-9,14-16H,10-12H2,1-4H3/t14-,15-,16-,20+/m1/s1. The average molecular weight is 427 g/mol. The highest BCUT2D eigenvalue weighted by atomic mass is 32.2. The van der Waals surface area contributed by atoms with Crippen LogP contribution in [0.4, 0.5) is 0 Å². The summed E-state index contributed by atoms with van der Waals surface area (Å²) in [7, 11) is 1.34. The van der Waals surface area contributed by atoms with Crippen molar-refractivity contribution in [3.8, 4) is 0 Å². The number of carbonyl (C=O) groups excluding carboxylic acids is 1. The van der Waals surface area contributed by atoms with Crippen LogP contribution in [0.1, 0.15) is 32.3 Å². The van der Waals surface area contributed by atoms with Crippen LogP contribution < -0.4 is 0 Å². The molecule has 0 bridgehead atoms. The molecule has 0 aromatic heterocycles. The molecule has 8 heteroatoms. The van der Waals surface area contributed by atoms with Crippen molar-refractivity contribution >= 4 is 34.3 Å². The van der Waals surface area contributed by atoms with Gasteiger partial charge in [-0.15, -0.1) is 0 Å². The fourth-order valence-corrected chi connectivity index (χ4v) is 4.20. The smallest absolute Gasteiger partial charge is 0.350 e. The van der Waals surface area contributed by atoms with Gasteiger partial charge in [0.15, 0.2) is 5.79 Å². The summed E-state index contributed by atoms with van der Waals surface area (Å²) in [5.74, 6) is -1.25. The van der Waals surface area contributed by atoms with E-state index in [9.17, 15) is 4.79 Å². The summed E-state index contributed by atoms with van der Waals surface area (Å²) in [5.41, 5.74) is -0.228. The summed E-state index contributed by atoms with van der Waals surface area (Å²) in [6, 6.07) is 9.85. The number of esters is 1. The minimum Gasteiger partial charge on any atom is -0.466 e. The zero-order valence-corrected chi connectivity index (χ0v) is 18.1. The van der Waals surface area contributed by atoms with Gasteiger partial charge in [-0.1, -0.05) is 42.1 Å². The molecule has 2 aliphatic rings. The monoisotopic (exact) mass is 426 g/mol. The van der Waals surface area contributed by atoms with E-state index in [-0.39, 0.29) is 23.0 Å². The number of hydrogen-bond donors (Lipinski definition) is 0. The van der Waals surface area contributed by atoms with Crippen molar-refractivity contribution < 1.29 is 28.5 Å². The van der Waals surface area contributed by atoms with Crippen LogP contribution in [0.15, 0.2) is 30.3 Å². The molecular weight excluding hydrogens is 400 g/mol. The topological polar surface area (TPSA) is 63.2 Å². The summed E-state index contributed by atoms with van der Waals surface area (Å²) < 4.78 is 29.6. The van der Waals surface area contributed by atoms with Crippen LogP contribution in [0.3, 0.4) is 0 Å². The van der Waals surface area contributed by atoms with Crippen LogP contribution in [0.2, 0.25) is 0 Å². The fourth-order valence-electron chi connectivity index (χ4n) is 3.80. The second-order valence-electron chi connectivity index (χ2n) is 7.42. The highest BCUT2D eigenvalue weighted by Crippen LogP contribution is 2.44. The van der Waals surface area contributed by atoms with Crippen LogP contribution in [0.5, 0.6) is 0 Å². The van der Waals surface area contributed by atoms with Crippen molar-refractivity contribution in [2.45, 2.75) is 63.0 Å². The Morgan fingerprint density at radius 2 is 1.96 bits per heavy atom. The SMILES string of the molecule is COC(=O)[C@]1(OC(=S)SC)C[C@@H](OCc2ccccc2)[C@H]2OC(C)(C)O[C@@H]2C1. The summed E-state index contributed by atoms with van der Waals surface area (Å²) >= 11 is 6.51. The van der Waals surface area contributed by atoms with Crippen LogP contribution in [-0.4, -0.2) is 53.4 Å². The second-order valence-corrected chi connectivity index (χ2v) is 8.83. The molecule has 28 heavy (non-hydrogen) atoms. The molecule has 154 valence electrons. The number of ether oxygens (including phenoxy) is 5. The first-order chi connectivity index (χ1) is 13.3. The van der Waals surface area contributed by atoms with E-state index in [2.05, 4.69) is 0 Å². The number of hydrogen-bond acceptors (Lipinski definition) is 8. The Hall–Kier alpha value is -1.19. The van der Waals surface area contributed by atoms with E-state index in [4.69, 9.17) is 35.9 Å². The predicted octanol–water partition coefficient (Wildman–Crippen LogP) is 3.46. The minimum atomic E-state index is -1.26. The molecule has 1 aromatic carbocycles. The first-order valence-electron chi connectivity index (χ1n) is 9.15. The second kappa shape index (κ2) is 8.67. The van der Waals surface area contributed by atoms with E-state index >= 15 is 0 Å². The number of fused-ring (bicyclic) bond motifs is 1. The van der Waals surface area contributed by atoms with Gasteiger partial charge in [0.25, 0.3) is 0 Å². The lowest BCUT2D eigenvalue weighted by atomic mass is 9.79. The highest BCUT2D eigenvalue weighted by Gasteiger charge is 2.59. The van der Waals surface area contributed by atoms with Gasteiger partial charge in [-0.3, -0.25) is 0 Å². The first-order valence-corrected chi connectivity index (χ1v) is 10.8. The van der Waals surface area contributed by atoms with Gasteiger partial charge in [-0.2, -0.15) is 0 Å². The minimum absolute atomic E-state index is 0.272. The third-order valence-corrected chi connectivity index (χ3v) is 5.96. The van der Waals surface area contributed by atoms with E-state index in [1.807, 2.05) is 44.2 Å². The van der Waals surface area contributed by atoms with Gasteiger partial charge < -0.3 is 23.7 Å². The van der Waals surface area contributed by atoms with Gasteiger partial charge in [-0.05, 0) is 37.9 Å². The third kappa shape index (κ3) is 4.68. The number of methoxy groups -OCH3 is 1. The number of benzene rings is 1. The maximum atomic E-state index is 12.7. The fraction of sp³-hybridized carbons (Fsp3) is 0.600. The van der Waals surface area contributed by atoms with Gasteiger partial charge in [0, 0.05) is 12.8 Å². The Morgan fingerprint density at radius 3 is 2.61 bits per heavy atom. The predicted molar refractivity (Wildman–Crippen MR) is 110 cm³/mol. The Bertz CT molecular complexity index is 710. The third-order valence-electron chi connectivity index (χ3n) is 4.96. The van der Waals surface area contributed by atoms with Gasteiger partial charge >= 0.3 is 5.97 Å². The van der Waals surface area contributed by atoms with E-state index in [0.717, 1.165) is 5.56 Å². The lowest BCUT2D eigenvalue weighted by Crippen LogP contribution is -2.57. The van der Waals surface area contributed by atoms with E-state index in [0.29, 0.717) is 13.0 Å². The lowest BCUT2D eigenvalue weighted by Gasteiger charge is -2.42. The first kappa shape index (κ1) is 21.5. The van der Waals surface area contributed by atoms with Crippen molar-refractivity contribution in [1.29, 1.82) is 0 Å². The Morgan fingerprint density at radius 1 is 1.25 bits per heavy atom. The Kier molecular flexibility index (Phi) is 6.66. The zero-order valence-electron chi connectivity index (χ0n) is 16.5. The van der Waals surface area contributed by atoms with Crippen molar-refractivity contribution in [2.75, 3.05) is 13.4 Å². The van der Waals surface area contributed by atoms with Crippen LogP contribution in [0.25, 0.3) is 0 Å². The van der Waals surface area contributed by atoms with E-state index in [1.165, 1.54) is 18.9 Å². The van der Waals surface area contributed by atoms with Crippen molar-refractivity contribution in [2.24, 2.45) is 0 Å². The molecule has 1 aromatic rings. The van der Waals surface area contributed by atoms with Crippen LogP contribution in [-0.2, 0) is 35.1 Å². The lowest BCUT2D eigenvalue weighted by molar-refractivity contribution is -0.181. The van der Waals surface area contributed by atoms with Crippen molar-refractivity contribution in [1.82, 2.24) is 0 Å². The largest absolute Gasteiger partial charge is 0.466 e. The van der Waals surface area contributed by atoms with Gasteiger partial charge in [-0.25, -0.2) is 4.79 Å². The zero-order chi connectivity index (χ0) is 20.4. The molecular formula is C20H26O6S2. The van der Waals surface area contributed by atoms with E-state index < -0.39 is 23.5 Å². The van der Waals surface area contributed by atoms with E-state index in [1.54, 1.807) is 6.26 Å². The maximum Gasteiger partial charge on any atom is 0.350 e. The molecule has 1 aliphatic carbocycles. The molecule has 6 nitrogen and oxygen atoms in total. The van der Waals surface area contributed by atoms with Crippen molar-refractivity contribution in [3.63, 3.8) is 0 Å².